The molecule has 3 rings (SSSR count). The Bertz CT molecular complexity index is 617. The minimum Gasteiger partial charge on any atom is -0.496 e. The Hall–Kier alpha value is -0.590. The van der Waals surface area contributed by atoms with Crippen LogP contribution in [0, 0.1) is 11.8 Å². The van der Waals surface area contributed by atoms with Crippen LogP contribution in [0.3, 0.4) is 0 Å². The number of sulfonamides is 1. The van der Waals surface area contributed by atoms with E-state index in [1.807, 2.05) is 0 Å². The van der Waals surface area contributed by atoms with Crippen LogP contribution in [0.5, 0.6) is 5.75 Å². The van der Waals surface area contributed by atoms with Gasteiger partial charge >= 0.3 is 0 Å². The molecule has 0 aliphatic heterocycles. The molecule has 0 radical (unpaired) electrons. The maximum absolute atomic E-state index is 12.4. The third-order valence-corrected chi connectivity index (χ3v) is 6.59. The smallest absolute Gasteiger partial charge is 0.240 e. The maximum atomic E-state index is 12.4. The van der Waals surface area contributed by atoms with Gasteiger partial charge < -0.3 is 4.74 Å². The fourth-order valence-corrected chi connectivity index (χ4v) is 5.51. The van der Waals surface area contributed by atoms with Crippen molar-refractivity contribution >= 4 is 26.0 Å². The molecule has 2 bridgehead atoms. The van der Waals surface area contributed by atoms with Crippen LogP contribution in [0.15, 0.2) is 27.6 Å². The van der Waals surface area contributed by atoms with Crippen molar-refractivity contribution in [2.45, 2.75) is 36.6 Å². The number of rotatable bonds is 4. The molecule has 1 aromatic rings. The fourth-order valence-electron chi connectivity index (χ4n) is 3.47. The number of fused-ring (bicyclic) bond motifs is 2. The summed E-state index contributed by atoms with van der Waals surface area (Å²) in [4.78, 5) is 0.285. The molecule has 20 heavy (non-hydrogen) atoms. The summed E-state index contributed by atoms with van der Waals surface area (Å²) < 4.78 is 33.5. The van der Waals surface area contributed by atoms with Gasteiger partial charge in [0.05, 0.1) is 16.5 Å². The van der Waals surface area contributed by atoms with Gasteiger partial charge in [0.25, 0.3) is 0 Å². The van der Waals surface area contributed by atoms with Gasteiger partial charge in [-0.25, -0.2) is 13.1 Å². The Labute approximate surface area is 128 Å². The van der Waals surface area contributed by atoms with Crippen LogP contribution in [-0.2, 0) is 10.0 Å². The number of methoxy groups -OCH3 is 1. The Morgan fingerprint density at radius 2 is 2.10 bits per heavy atom. The molecular weight excluding hydrogens is 342 g/mol. The highest BCUT2D eigenvalue weighted by atomic mass is 79.9. The normalized spacial score (nSPS) is 28.8. The third-order valence-electron chi connectivity index (χ3n) is 4.48. The quantitative estimate of drug-likeness (QED) is 0.898. The van der Waals surface area contributed by atoms with E-state index in [4.69, 9.17) is 4.74 Å². The monoisotopic (exact) mass is 359 g/mol. The summed E-state index contributed by atoms with van der Waals surface area (Å²) >= 11 is 3.33. The lowest BCUT2D eigenvalue weighted by atomic mass is 9.96. The molecule has 3 atom stereocenters. The molecule has 2 saturated carbocycles. The zero-order chi connectivity index (χ0) is 14.3. The average Bonchev–Trinajstić information content (AvgIpc) is 3.00. The molecule has 2 fully saturated rings. The van der Waals surface area contributed by atoms with Crippen molar-refractivity contribution in [2.24, 2.45) is 11.8 Å². The van der Waals surface area contributed by atoms with Crippen LogP contribution < -0.4 is 9.46 Å². The summed E-state index contributed by atoms with van der Waals surface area (Å²) in [6.45, 7) is 0. The number of hydrogen-bond acceptors (Lipinski definition) is 3. The van der Waals surface area contributed by atoms with Crippen LogP contribution in [-0.4, -0.2) is 21.6 Å². The maximum Gasteiger partial charge on any atom is 0.240 e. The molecule has 4 nitrogen and oxygen atoms in total. The first-order valence-electron chi connectivity index (χ1n) is 6.85. The van der Waals surface area contributed by atoms with E-state index in [0.717, 1.165) is 18.8 Å². The summed E-state index contributed by atoms with van der Waals surface area (Å²) in [5.74, 6) is 1.87. The predicted octanol–water partition coefficient (Wildman–Crippen LogP) is 2.92. The van der Waals surface area contributed by atoms with Gasteiger partial charge in [0, 0.05) is 6.04 Å². The Balaban J connectivity index is 1.79. The number of ether oxygens (including phenoxy) is 1. The van der Waals surface area contributed by atoms with Gasteiger partial charge in [-0.3, -0.25) is 0 Å². The highest BCUT2D eigenvalue weighted by Crippen LogP contribution is 2.44. The van der Waals surface area contributed by atoms with E-state index in [2.05, 4.69) is 20.7 Å². The third kappa shape index (κ3) is 2.61. The molecule has 110 valence electrons. The van der Waals surface area contributed by atoms with Gasteiger partial charge in [-0.15, -0.1) is 0 Å². The van der Waals surface area contributed by atoms with Crippen LogP contribution in [0.2, 0.25) is 0 Å². The lowest BCUT2D eigenvalue weighted by Gasteiger charge is -2.22. The van der Waals surface area contributed by atoms with Gasteiger partial charge in [-0.2, -0.15) is 0 Å². The first kappa shape index (κ1) is 14.4. The second-order valence-electron chi connectivity index (χ2n) is 5.70. The van der Waals surface area contributed by atoms with E-state index >= 15 is 0 Å². The Kier molecular flexibility index (Phi) is 3.81. The van der Waals surface area contributed by atoms with Crippen molar-refractivity contribution in [3.05, 3.63) is 22.7 Å². The molecule has 1 aromatic carbocycles. The lowest BCUT2D eigenvalue weighted by molar-refractivity contribution is 0.390. The number of nitrogens with one attached hydrogen (secondary N) is 1. The largest absolute Gasteiger partial charge is 0.496 e. The minimum atomic E-state index is -3.45. The molecule has 6 heteroatoms. The molecule has 0 unspecified atom stereocenters. The first-order chi connectivity index (χ1) is 9.49. The van der Waals surface area contributed by atoms with E-state index in [1.54, 1.807) is 25.3 Å². The van der Waals surface area contributed by atoms with Crippen molar-refractivity contribution in [3.8, 4) is 5.75 Å². The van der Waals surface area contributed by atoms with E-state index in [0.29, 0.717) is 16.1 Å². The molecular formula is C14H18BrNO3S. The zero-order valence-corrected chi connectivity index (χ0v) is 13.7. The van der Waals surface area contributed by atoms with Crippen LogP contribution in [0.4, 0.5) is 0 Å². The zero-order valence-electron chi connectivity index (χ0n) is 11.3. The molecule has 0 aromatic heterocycles. The van der Waals surface area contributed by atoms with Crippen molar-refractivity contribution in [1.29, 1.82) is 0 Å². The minimum absolute atomic E-state index is 0.111. The number of hydrogen-bond donors (Lipinski definition) is 1. The van der Waals surface area contributed by atoms with Crippen molar-refractivity contribution in [2.75, 3.05) is 7.11 Å². The molecule has 2 aliphatic carbocycles. The molecule has 0 spiro atoms. The predicted molar refractivity (Wildman–Crippen MR) is 80.3 cm³/mol. The van der Waals surface area contributed by atoms with E-state index in [1.165, 1.54) is 12.8 Å². The van der Waals surface area contributed by atoms with Gasteiger partial charge in [0.1, 0.15) is 5.75 Å². The summed E-state index contributed by atoms with van der Waals surface area (Å²) in [7, 11) is -1.89. The summed E-state index contributed by atoms with van der Waals surface area (Å²) in [5.41, 5.74) is 0. The van der Waals surface area contributed by atoms with Gasteiger partial charge in [0.2, 0.25) is 10.0 Å². The molecule has 0 amide bonds. The number of halogens is 1. The first-order valence-corrected chi connectivity index (χ1v) is 9.13. The average molecular weight is 360 g/mol. The topological polar surface area (TPSA) is 55.4 Å². The van der Waals surface area contributed by atoms with Crippen LogP contribution in [0.1, 0.15) is 25.7 Å². The Morgan fingerprint density at radius 3 is 2.65 bits per heavy atom. The molecule has 2 aliphatic rings. The highest BCUT2D eigenvalue weighted by molar-refractivity contribution is 9.10. The fraction of sp³-hybridized carbons (Fsp3) is 0.571. The summed E-state index contributed by atoms with van der Waals surface area (Å²) in [6, 6.07) is 4.95. The number of benzene rings is 1. The van der Waals surface area contributed by atoms with Crippen molar-refractivity contribution < 1.29 is 13.2 Å². The van der Waals surface area contributed by atoms with Gasteiger partial charge in [0.15, 0.2) is 0 Å². The van der Waals surface area contributed by atoms with Crippen LogP contribution >= 0.6 is 15.9 Å². The van der Waals surface area contributed by atoms with Crippen LogP contribution in [0.25, 0.3) is 0 Å². The lowest BCUT2D eigenvalue weighted by Crippen LogP contribution is -2.38. The van der Waals surface area contributed by atoms with E-state index in [-0.39, 0.29) is 10.9 Å². The standard InChI is InChI=1S/C14H18BrNO3S/c1-19-14-5-4-11(8-12(14)15)20(17,18)16-13-7-9-2-3-10(13)6-9/h4-5,8-10,13,16H,2-3,6-7H2,1H3/t9-,10-,13-/m0/s1. The van der Waals surface area contributed by atoms with Gasteiger partial charge in [-0.05, 0) is 65.2 Å². The summed E-state index contributed by atoms with van der Waals surface area (Å²) in [6.07, 6.45) is 4.59. The molecule has 0 saturated heterocycles. The van der Waals surface area contributed by atoms with E-state index < -0.39 is 10.0 Å². The molecule has 0 heterocycles. The molecule has 1 N–H and O–H groups in total. The highest BCUT2D eigenvalue weighted by Gasteiger charge is 2.41. The second-order valence-corrected chi connectivity index (χ2v) is 8.27. The van der Waals surface area contributed by atoms with E-state index in [9.17, 15) is 8.42 Å². The van der Waals surface area contributed by atoms with Crippen molar-refractivity contribution in [3.63, 3.8) is 0 Å². The van der Waals surface area contributed by atoms with Gasteiger partial charge in [-0.1, -0.05) is 6.42 Å². The second kappa shape index (κ2) is 5.31. The Morgan fingerprint density at radius 1 is 1.30 bits per heavy atom. The SMILES string of the molecule is COc1ccc(S(=O)(=O)N[C@H]2C[C@H]3CC[C@H]2C3)cc1Br. The van der Waals surface area contributed by atoms with Crippen molar-refractivity contribution in [1.82, 2.24) is 4.72 Å². The summed E-state index contributed by atoms with van der Waals surface area (Å²) in [5, 5.41) is 0.